The highest BCUT2D eigenvalue weighted by Gasteiger charge is 2.30. The minimum absolute atomic E-state index is 0.151. The molecule has 7 heteroatoms. The van der Waals surface area contributed by atoms with Crippen molar-refractivity contribution < 1.29 is 14.6 Å². The number of esters is 1. The van der Waals surface area contributed by atoms with Gasteiger partial charge in [-0.2, -0.15) is 0 Å². The van der Waals surface area contributed by atoms with E-state index in [1.165, 1.54) is 22.5 Å². The summed E-state index contributed by atoms with van der Waals surface area (Å²) in [5.74, 6) is 0.0466. The molecule has 0 unspecified atom stereocenters. The minimum Gasteiger partial charge on any atom is -0.510 e. The zero-order valence-corrected chi connectivity index (χ0v) is 20.0. The Hall–Kier alpha value is -3.45. The highest BCUT2D eigenvalue weighted by molar-refractivity contribution is 7.11. The number of hydrogen-bond donors (Lipinski definition) is 2. The summed E-state index contributed by atoms with van der Waals surface area (Å²) in [7, 11) is 0. The molecule has 0 fully saturated rings. The number of carbonyl (C=O) groups excluding carboxylic acids is 1. The molecule has 33 heavy (non-hydrogen) atoms. The van der Waals surface area contributed by atoms with Crippen LogP contribution in [0.25, 0.3) is 16.8 Å². The number of nitrogens with zero attached hydrogens (tertiary/aromatic N) is 2. The van der Waals surface area contributed by atoms with Gasteiger partial charge < -0.3 is 14.7 Å². The van der Waals surface area contributed by atoms with Gasteiger partial charge in [-0.1, -0.05) is 24.3 Å². The number of rotatable bonds is 6. The van der Waals surface area contributed by atoms with Crippen molar-refractivity contribution >= 4 is 28.7 Å². The van der Waals surface area contributed by atoms with Crippen molar-refractivity contribution in [1.29, 1.82) is 5.41 Å². The fraction of sp³-hybridized carbons (Fsp3) is 0.269. The minimum atomic E-state index is -0.351. The van der Waals surface area contributed by atoms with Gasteiger partial charge in [-0.15, -0.1) is 11.3 Å². The lowest BCUT2D eigenvalue weighted by Gasteiger charge is -2.18. The molecule has 0 amide bonds. The van der Waals surface area contributed by atoms with E-state index in [1.54, 1.807) is 17.0 Å². The maximum atomic E-state index is 12.0. The predicted octanol–water partition coefficient (Wildman–Crippen LogP) is 5.75. The summed E-state index contributed by atoms with van der Waals surface area (Å²) in [4.78, 5) is 18.5. The van der Waals surface area contributed by atoms with E-state index in [0.29, 0.717) is 22.7 Å². The van der Waals surface area contributed by atoms with Gasteiger partial charge in [-0.05, 0) is 62.6 Å². The first kappa shape index (κ1) is 22.7. The lowest BCUT2D eigenvalue weighted by molar-refractivity contribution is 0.0378. The summed E-state index contributed by atoms with van der Waals surface area (Å²) in [5, 5.41) is 21.9. The molecule has 1 aliphatic rings. The number of aromatic nitrogens is 1. The van der Waals surface area contributed by atoms with Gasteiger partial charge in [0.1, 0.15) is 16.6 Å². The molecule has 0 spiro atoms. The molecular formula is C26H27N3O3S. The molecule has 0 aliphatic carbocycles. The Labute approximate surface area is 197 Å². The molecule has 2 N–H and O–H groups in total. The maximum absolute atomic E-state index is 12.0. The number of thiazole rings is 1. The van der Waals surface area contributed by atoms with Crippen LogP contribution in [-0.4, -0.2) is 39.4 Å². The molecule has 0 saturated heterocycles. The maximum Gasteiger partial charge on any atom is 0.338 e. The van der Waals surface area contributed by atoms with Crippen LogP contribution in [0.15, 0.2) is 53.6 Å². The second-order valence-electron chi connectivity index (χ2n) is 8.51. The largest absolute Gasteiger partial charge is 0.510 e. The average molecular weight is 462 g/mol. The van der Waals surface area contributed by atoms with E-state index in [2.05, 4.69) is 26.0 Å². The van der Waals surface area contributed by atoms with E-state index in [9.17, 15) is 9.90 Å². The second kappa shape index (κ2) is 9.19. The van der Waals surface area contributed by atoms with Gasteiger partial charge in [0.15, 0.2) is 0 Å². The van der Waals surface area contributed by atoms with Crippen LogP contribution in [0.3, 0.4) is 0 Å². The Morgan fingerprint density at radius 3 is 2.58 bits per heavy atom. The Balaban J connectivity index is 1.47. The van der Waals surface area contributed by atoms with Crippen molar-refractivity contribution in [3.05, 3.63) is 80.9 Å². The molecule has 4 rings (SSSR count). The summed E-state index contributed by atoms with van der Waals surface area (Å²) in [6, 6.07) is 13.4. The Morgan fingerprint density at radius 1 is 1.18 bits per heavy atom. The molecule has 1 aliphatic heterocycles. The van der Waals surface area contributed by atoms with Crippen LogP contribution >= 0.6 is 11.3 Å². The molecule has 0 bridgehead atoms. The van der Waals surface area contributed by atoms with Gasteiger partial charge in [0.05, 0.1) is 29.5 Å². The fourth-order valence-electron chi connectivity index (χ4n) is 3.66. The SMILES string of the molecule is Cc1ccc(-c2csc(C3=C(O)CN(Cc4ccc(C(=O)OC(C)C)cc4)C3=N)n2)cc1C. The molecule has 0 saturated carbocycles. The lowest BCUT2D eigenvalue weighted by Crippen LogP contribution is -2.26. The van der Waals surface area contributed by atoms with Crippen molar-refractivity contribution in [2.75, 3.05) is 6.54 Å². The number of benzene rings is 2. The summed E-state index contributed by atoms with van der Waals surface area (Å²) in [5.41, 5.74) is 6.20. The monoisotopic (exact) mass is 461 g/mol. The average Bonchev–Trinajstić information content (AvgIpc) is 3.34. The number of aliphatic hydroxyl groups excluding tert-OH is 1. The van der Waals surface area contributed by atoms with Crippen LogP contribution in [0, 0.1) is 19.3 Å². The third-order valence-corrected chi connectivity index (χ3v) is 6.47. The number of aliphatic hydroxyl groups is 1. The van der Waals surface area contributed by atoms with E-state index in [1.807, 2.05) is 37.4 Å². The first-order chi connectivity index (χ1) is 15.7. The third-order valence-electron chi connectivity index (χ3n) is 5.61. The standard InChI is InChI=1S/C26H27N3O3S/c1-15(2)32-26(31)19-9-6-18(7-10-19)12-29-13-22(30)23(24(29)27)25-28-21(14-33-25)20-8-5-16(3)17(4)11-20/h5-11,14-15,27,30H,12-13H2,1-4H3. The van der Waals surface area contributed by atoms with E-state index < -0.39 is 0 Å². The van der Waals surface area contributed by atoms with Crippen molar-refractivity contribution in [2.45, 2.75) is 40.3 Å². The summed E-state index contributed by atoms with van der Waals surface area (Å²) >= 11 is 1.43. The van der Waals surface area contributed by atoms with Crippen molar-refractivity contribution in [2.24, 2.45) is 0 Å². The summed E-state index contributed by atoms with van der Waals surface area (Å²) in [6.45, 7) is 8.48. The molecule has 170 valence electrons. The van der Waals surface area contributed by atoms with Crippen LogP contribution in [0.4, 0.5) is 0 Å². The summed E-state index contributed by atoms with van der Waals surface area (Å²) < 4.78 is 5.22. The van der Waals surface area contributed by atoms with Gasteiger partial charge >= 0.3 is 5.97 Å². The quantitative estimate of drug-likeness (QED) is 0.456. The zero-order chi connectivity index (χ0) is 23.7. The fourth-order valence-corrected chi connectivity index (χ4v) is 4.56. The molecule has 1 aromatic heterocycles. The number of nitrogens with one attached hydrogen (secondary N) is 1. The molecular weight excluding hydrogens is 434 g/mol. The number of aryl methyl sites for hydroxylation is 2. The number of amidine groups is 1. The number of ether oxygens (including phenoxy) is 1. The first-order valence-electron chi connectivity index (χ1n) is 10.8. The van der Waals surface area contributed by atoms with Crippen LogP contribution in [0.5, 0.6) is 0 Å². The molecule has 2 aromatic carbocycles. The number of carbonyl (C=O) groups is 1. The zero-order valence-electron chi connectivity index (χ0n) is 19.2. The Morgan fingerprint density at radius 2 is 1.91 bits per heavy atom. The molecule has 6 nitrogen and oxygen atoms in total. The van der Waals surface area contributed by atoms with E-state index in [0.717, 1.165) is 16.8 Å². The smallest absolute Gasteiger partial charge is 0.338 e. The van der Waals surface area contributed by atoms with E-state index >= 15 is 0 Å². The van der Waals surface area contributed by atoms with Crippen LogP contribution in [0.1, 0.15) is 45.9 Å². The first-order valence-corrected chi connectivity index (χ1v) is 11.7. The predicted molar refractivity (Wildman–Crippen MR) is 132 cm³/mol. The van der Waals surface area contributed by atoms with Gasteiger partial charge in [-0.3, -0.25) is 5.41 Å². The van der Waals surface area contributed by atoms with Crippen molar-refractivity contribution in [1.82, 2.24) is 9.88 Å². The van der Waals surface area contributed by atoms with E-state index in [4.69, 9.17) is 15.1 Å². The Kier molecular flexibility index (Phi) is 6.33. The van der Waals surface area contributed by atoms with Crippen LogP contribution < -0.4 is 0 Å². The normalized spacial score (nSPS) is 13.8. The molecule has 3 aromatic rings. The molecule has 0 atom stereocenters. The van der Waals surface area contributed by atoms with Crippen LogP contribution in [0.2, 0.25) is 0 Å². The Bertz CT molecular complexity index is 1240. The topological polar surface area (TPSA) is 86.5 Å². The van der Waals surface area contributed by atoms with Crippen molar-refractivity contribution in [3.8, 4) is 11.3 Å². The van der Waals surface area contributed by atoms with Gasteiger partial charge in [-0.25, -0.2) is 9.78 Å². The van der Waals surface area contributed by atoms with Gasteiger partial charge in [0, 0.05) is 17.5 Å². The highest BCUT2D eigenvalue weighted by atomic mass is 32.1. The van der Waals surface area contributed by atoms with Crippen LogP contribution in [-0.2, 0) is 11.3 Å². The highest BCUT2D eigenvalue weighted by Crippen LogP contribution is 2.33. The molecule has 0 radical (unpaired) electrons. The number of hydrogen-bond acceptors (Lipinski definition) is 6. The second-order valence-corrected chi connectivity index (χ2v) is 9.37. The van der Waals surface area contributed by atoms with Gasteiger partial charge in [0.25, 0.3) is 0 Å². The van der Waals surface area contributed by atoms with Crippen molar-refractivity contribution in [3.63, 3.8) is 0 Å². The lowest BCUT2D eigenvalue weighted by atomic mass is 10.1. The summed E-state index contributed by atoms with van der Waals surface area (Å²) in [6.07, 6.45) is -0.170. The van der Waals surface area contributed by atoms with Gasteiger partial charge in [0.2, 0.25) is 0 Å². The molecule has 2 heterocycles. The third kappa shape index (κ3) is 4.83. The van der Waals surface area contributed by atoms with E-state index in [-0.39, 0.29) is 30.2 Å².